The number of carbonyl (C=O) groups excluding carboxylic acids is 1. The molecule has 0 atom stereocenters. The molecule has 0 saturated carbocycles. The van der Waals surface area contributed by atoms with Crippen LogP contribution in [0.25, 0.3) is 6.08 Å². The van der Waals surface area contributed by atoms with Crippen LogP contribution in [0.4, 0.5) is 5.69 Å². The van der Waals surface area contributed by atoms with Crippen molar-refractivity contribution in [2.24, 2.45) is 4.99 Å². The van der Waals surface area contributed by atoms with Crippen LogP contribution in [0, 0.1) is 0 Å². The van der Waals surface area contributed by atoms with E-state index < -0.39 is 0 Å². The molecule has 3 aromatic carbocycles. The Balaban J connectivity index is 1.71. The maximum absolute atomic E-state index is 13.2. The highest BCUT2D eigenvalue weighted by Gasteiger charge is 2.33. The number of nitrogens with zero attached hydrogens (tertiary/aromatic N) is 2. The zero-order valence-electron chi connectivity index (χ0n) is 16.0. The minimum absolute atomic E-state index is 0.0561. The van der Waals surface area contributed by atoms with Crippen molar-refractivity contribution >= 4 is 34.6 Å². The van der Waals surface area contributed by atoms with E-state index in [-0.39, 0.29) is 5.91 Å². The normalized spacial score (nSPS) is 16.6. The number of amides is 1. The number of carbonyl (C=O) groups is 1. The Labute approximate surface area is 174 Å². The average molecular weight is 401 g/mol. The Hall–Kier alpha value is -3.31. The lowest BCUT2D eigenvalue weighted by Gasteiger charge is -2.15. The van der Waals surface area contributed by atoms with Gasteiger partial charge in [-0.15, -0.1) is 0 Å². The number of thioether (sulfide) groups is 1. The number of benzene rings is 3. The van der Waals surface area contributed by atoms with Gasteiger partial charge in [0.25, 0.3) is 5.91 Å². The van der Waals surface area contributed by atoms with Crippen LogP contribution in [0.2, 0.25) is 0 Å². The first kappa shape index (κ1) is 19.0. The van der Waals surface area contributed by atoms with Crippen molar-refractivity contribution in [3.8, 4) is 5.75 Å². The molecule has 0 N–H and O–H groups in total. The molecule has 0 aromatic heterocycles. The summed E-state index contributed by atoms with van der Waals surface area (Å²) in [6, 6.07) is 27.3. The first-order valence-electron chi connectivity index (χ1n) is 9.27. The van der Waals surface area contributed by atoms with Gasteiger partial charge >= 0.3 is 0 Å². The third kappa shape index (κ3) is 4.41. The van der Waals surface area contributed by atoms with E-state index in [2.05, 4.69) is 0 Å². The molecule has 0 aliphatic carbocycles. The average Bonchev–Trinajstić information content (AvgIpc) is 3.04. The van der Waals surface area contributed by atoms with Crippen LogP contribution in [0.3, 0.4) is 0 Å². The van der Waals surface area contributed by atoms with Crippen LogP contribution in [0.1, 0.15) is 11.1 Å². The maximum atomic E-state index is 13.2. The van der Waals surface area contributed by atoms with E-state index >= 15 is 0 Å². The molecule has 3 aromatic rings. The molecule has 144 valence electrons. The van der Waals surface area contributed by atoms with E-state index in [1.165, 1.54) is 11.8 Å². The van der Waals surface area contributed by atoms with Gasteiger partial charge < -0.3 is 4.74 Å². The second kappa shape index (κ2) is 8.80. The number of ether oxygens (including phenoxy) is 1. The first-order chi connectivity index (χ1) is 14.2. The number of amidine groups is 1. The van der Waals surface area contributed by atoms with E-state index in [9.17, 15) is 4.79 Å². The Morgan fingerprint density at radius 1 is 0.931 bits per heavy atom. The highest BCUT2D eigenvalue weighted by Crippen LogP contribution is 2.36. The highest BCUT2D eigenvalue weighted by atomic mass is 32.2. The summed E-state index contributed by atoms with van der Waals surface area (Å²) < 4.78 is 5.43. The molecular weight excluding hydrogens is 380 g/mol. The third-order valence-corrected chi connectivity index (χ3v) is 5.48. The molecule has 1 amide bonds. The first-order valence-corrected chi connectivity index (χ1v) is 10.1. The number of hydrogen-bond acceptors (Lipinski definition) is 4. The standard InChI is InChI=1S/C24H20N2O2S/c1-28-21-15-9-8-12-19(21)16-22-23(27)26(17-18-10-4-2-5-11-18)24(29-22)25-20-13-6-3-7-14-20/h2-16H,17H2,1H3/b22-16-,25-24?. The molecule has 1 saturated heterocycles. The fourth-order valence-corrected chi connectivity index (χ4v) is 4.03. The van der Waals surface area contributed by atoms with Crippen LogP contribution >= 0.6 is 11.8 Å². The van der Waals surface area contributed by atoms with E-state index in [1.54, 1.807) is 12.0 Å². The van der Waals surface area contributed by atoms with Gasteiger partial charge in [0, 0.05) is 5.56 Å². The summed E-state index contributed by atoms with van der Waals surface area (Å²) in [4.78, 5) is 20.3. The molecule has 1 fully saturated rings. The van der Waals surface area contributed by atoms with E-state index in [4.69, 9.17) is 9.73 Å². The lowest BCUT2D eigenvalue weighted by atomic mass is 10.1. The van der Waals surface area contributed by atoms with Gasteiger partial charge in [0.2, 0.25) is 0 Å². The number of aliphatic imine (C=N–C) groups is 1. The van der Waals surface area contributed by atoms with Gasteiger partial charge in [-0.1, -0.05) is 66.7 Å². The van der Waals surface area contributed by atoms with Crippen molar-refractivity contribution in [3.05, 3.63) is 101 Å². The zero-order chi connectivity index (χ0) is 20.1. The second-order valence-corrected chi connectivity index (χ2v) is 7.47. The summed E-state index contributed by atoms with van der Waals surface area (Å²) in [5.41, 5.74) is 2.74. The van der Waals surface area contributed by atoms with Crippen LogP contribution in [-0.4, -0.2) is 23.1 Å². The molecule has 29 heavy (non-hydrogen) atoms. The monoisotopic (exact) mass is 400 g/mol. The summed E-state index contributed by atoms with van der Waals surface area (Å²) in [6.07, 6.45) is 1.87. The van der Waals surface area contributed by atoms with Crippen molar-refractivity contribution in [1.82, 2.24) is 4.90 Å². The largest absolute Gasteiger partial charge is 0.496 e. The molecule has 4 nitrogen and oxygen atoms in total. The predicted molar refractivity (Wildman–Crippen MR) is 119 cm³/mol. The fourth-order valence-electron chi connectivity index (χ4n) is 3.04. The van der Waals surface area contributed by atoms with Crippen molar-refractivity contribution in [1.29, 1.82) is 0 Å². The van der Waals surface area contributed by atoms with Gasteiger partial charge in [0.15, 0.2) is 5.17 Å². The topological polar surface area (TPSA) is 41.9 Å². The number of para-hydroxylation sites is 2. The van der Waals surface area contributed by atoms with Gasteiger partial charge in [0.05, 0.1) is 24.2 Å². The molecule has 5 heteroatoms. The summed E-state index contributed by atoms with van der Waals surface area (Å²) >= 11 is 1.39. The summed E-state index contributed by atoms with van der Waals surface area (Å²) in [7, 11) is 1.63. The highest BCUT2D eigenvalue weighted by molar-refractivity contribution is 8.18. The third-order valence-electron chi connectivity index (χ3n) is 4.48. The van der Waals surface area contributed by atoms with Crippen LogP contribution in [0.5, 0.6) is 5.75 Å². The molecular formula is C24H20N2O2S. The Morgan fingerprint density at radius 2 is 1.59 bits per heavy atom. The lowest BCUT2D eigenvalue weighted by Crippen LogP contribution is -2.28. The van der Waals surface area contributed by atoms with Gasteiger partial charge in [0.1, 0.15) is 5.75 Å². The van der Waals surface area contributed by atoms with E-state index in [0.717, 1.165) is 22.6 Å². The predicted octanol–water partition coefficient (Wildman–Crippen LogP) is 5.50. The summed E-state index contributed by atoms with van der Waals surface area (Å²) in [5.74, 6) is 0.677. The molecule has 1 heterocycles. The Morgan fingerprint density at radius 3 is 2.31 bits per heavy atom. The van der Waals surface area contributed by atoms with Gasteiger partial charge in [-0.25, -0.2) is 4.99 Å². The van der Waals surface area contributed by atoms with Crippen molar-refractivity contribution in [2.45, 2.75) is 6.54 Å². The van der Waals surface area contributed by atoms with Crippen LogP contribution in [0.15, 0.2) is 94.8 Å². The van der Waals surface area contributed by atoms with Gasteiger partial charge in [-0.2, -0.15) is 0 Å². The summed E-state index contributed by atoms with van der Waals surface area (Å²) in [6.45, 7) is 0.474. The molecule has 1 aliphatic rings. The van der Waals surface area contributed by atoms with E-state index in [0.29, 0.717) is 16.6 Å². The molecule has 4 rings (SSSR count). The molecule has 0 spiro atoms. The van der Waals surface area contributed by atoms with Crippen LogP contribution in [-0.2, 0) is 11.3 Å². The van der Waals surface area contributed by atoms with Crippen LogP contribution < -0.4 is 4.74 Å². The lowest BCUT2D eigenvalue weighted by molar-refractivity contribution is -0.122. The van der Waals surface area contributed by atoms with Gasteiger partial charge in [-0.3, -0.25) is 9.69 Å². The van der Waals surface area contributed by atoms with E-state index in [1.807, 2.05) is 91.0 Å². The molecule has 1 aliphatic heterocycles. The van der Waals surface area contributed by atoms with Gasteiger partial charge in [-0.05, 0) is 41.6 Å². The fraction of sp³-hybridized carbons (Fsp3) is 0.0833. The Bertz CT molecular complexity index is 1060. The minimum Gasteiger partial charge on any atom is -0.496 e. The maximum Gasteiger partial charge on any atom is 0.267 e. The molecule has 0 radical (unpaired) electrons. The minimum atomic E-state index is -0.0561. The Kier molecular flexibility index (Phi) is 5.77. The second-order valence-electron chi connectivity index (χ2n) is 6.46. The van der Waals surface area contributed by atoms with Crippen molar-refractivity contribution in [3.63, 3.8) is 0 Å². The quantitative estimate of drug-likeness (QED) is 0.531. The summed E-state index contributed by atoms with van der Waals surface area (Å²) in [5, 5.41) is 0.672. The van der Waals surface area contributed by atoms with Crippen molar-refractivity contribution in [2.75, 3.05) is 7.11 Å². The SMILES string of the molecule is COc1ccccc1/C=C1\SC(=Nc2ccccc2)N(Cc2ccccc2)C1=O. The number of rotatable bonds is 5. The number of hydrogen-bond donors (Lipinski definition) is 0. The molecule has 0 unspecified atom stereocenters. The molecule has 0 bridgehead atoms. The van der Waals surface area contributed by atoms with Crippen molar-refractivity contribution < 1.29 is 9.53 Å². The smallest absolute Gasteiger partial charge is 0.267 e. The number of methoxy groups -OCH3 is 1. The zero-order valence-corrected chi connectivity index (χ0v) is 16.8.